The van der Waals surface area contributed by atoms with Crippen LogP contribution in [0.25, 0.3) is 0 Å². The third-order valence-electron chi connectivity index (χ3n) is 7.38. The van der Waals surface area contributed by atoms with Crippen molar-refractivity contribution in [3.05, 3.63) is 18.2 Å². The lowest BCUT2D eigenvalue weighted by Crippen LogP contribution is -2.51. The molecular formula is C23H34O4S. The fraction of sp³-hybridized carbons (Fsp3) is 0.696. The SMILES string of the molecule is CC1CCC2C(C)(C)CCCC2(C)C1CSc1cc(O)cc(OCC(=O)O)c1. The van der Waals surface area contributed by atoms with E-state index in [1.165, 1.54) is 38.2 Å². The molecule has 0 heterocycles. The van der Waals surface area contributed by atoms with E-state index in [2.05, 4.69) is 27.7 Å². The summed E-state index contributed by atoms with van der Waals surface area (Å²) in [6.45, 7) is 9.43. The van der Waals surface area contributed by atoms with Crippen molar-refractivity contribution in [2.24, 2.45) is 28.6 Å². The molecule has 0 aliphatic heterocycles. The number of carboxylic acids is 1. The molecule has 4 unspecified atom stereocenters. The predicted molar refractivity (Wildman–Crippen MR) is 113 cm³/mol. The lowest BCUT2D eigenvalue weighted by Gasteiger charge is -2.59. The van der Waals surface area contributed by atoms with Gasteiger partial charge in [-0.25, -0.2) is 4.79 Å². The third-order valence-corrected chi connectivity index (χ3v) is 8.47. The number of hydrogen-bond donors (Lipinski definition) is 2. The first-order chi connectivity index (χ1) is 13.1. The Hall–Kier alpha value is -1.36. The fourth-order valence-corrected chi connectivity index (χ4v) is 7.50. The second-order valence-corrected chi connectivity index (χ2v) is 10.8. The second-order valence-electron chi connectivity index (χ2n) is 9.72. The molecule has 28 heavy (non-hydrogen) atoms. The molecule has 0 bridgehead atoms. The molecule has 3 rings (SSSR count). The van der Waals surface area contributed by atoms with Crippen LogP contribution in [0.5, 0.6) is 11.5 Å². The summed E-state index contributed by atoms with van der Waals surface area (Å²) in [6.07, 6.45) is 6.59. The van der Waals surface area contributed by atoms with Gasteiger partial charge in [-0.05, 0) is 60.0 Å². The van der Waals surface area contributed by atoms with Crippen LogP contribution in [-0.2, 0) is 4.79 Å². The number of phenolic OH excluding ortho intramolecular Hbond substituents is 1. The van der Waals surface area contributed by atoms with Crippen LogP contribution < -0.4 is 4.74 Å². The van der Waals surface area contributed by atoms with Crippen LogP contribution in [0.15, 0.2) is 23.1 Å². The standard InChI is InChI=1S/C23H34O4S/c1-15-6-7-20-22(2,3)8-5-9-23(20,4)19(15)14-28-18-11-16(24)10-17(12-18)27-13-21(25)26/h10-12,15,19-20,24H,5-9,13-14H2,1-4H3,(H,25,26). The second kappa shape index (κ2) is 8.17. The maximum Gasteiger partial charge on any atom is 0.341 e. The average Bonchev–Trinajstić information content (AvgIpc) is 2.58. The molecule has 156 valence electrons. The molecule has 4 atom stereocenters. The molecule has 0 radical (unpaired) electrons. The lowest BCUT2D eigenvalue weighted by molar-refractivity contribution is -0.139. The van der Waals surface area contributed by atoms with Gasteiger partial charge in [-0.1, -0.05) is 40.5 Å². The summed E-state index contributed by atoms with van der Waals surface area (Å²) in [7, 11) is 0. The van der Waals surface area contributed by atoms with Gasteiger partial charge in [0.2, 0.25) is 0 Å². The molecule has 4 nitrogen and oxygen atoms in total. The van der Waals surface area contributed by atoms with Gasteiger partial charge < -0.3 is 14.9 Å². The van der Waals surface area contributed by atoms with Gasteiger partial charge in [-0.3, -0.25) is 0 Å². The quantitative estimate of drug-likeness (QED) is 0.582. The normalized spacial score (nSPS) is 31.8. The largest absolute Gasteiger partial charge is 0.508 e. The van der Waals surface area contributed by atoms with Gasteiger partial charge in [0, 0.05) is 16.7 Å². The number of fused-ring (bicyclic) bond motifs is 1. The molecule has 2 saturated carbocycles. The van der Waals surface area contributed by atoms with Crippen LogP contribution >= 0.6 is 11.8 Å². The topological polar surface area (TPSA) is 66.8 Å². The van der Waals surface area contributed by atoms with E-state index in [4.69, 9.17) is 9.84 Å². The van der Waals surface area contributed by atoms with Crippen molar-refractivity contribution in [2.75, 3.05) is 12.4 Å². The van der Waals surface area contributed by atoms with Crippen LogP contribution in [0.2, 0.25) is 0 Å². The van der Waals surface area contributed by atoms with E-state index in [0.29, 0.717) is 28.4 Å². The van der Waals surface area contributed by atoms with Crippen molar-refractivity contribution >= 4 is 17.7 Å². The van der Waals surface area contributed by atoms with Crippen molar-refractivity contribution in [1.82, 2.24) is 0 Å². The Bertz CT molecular complexity index is 717. The molecule has 0 saturated heterocycles. The zero-order valence-electron chi connectivity index (χ0n) is 17.5. The third kappa shape index (κ3) is 4.45. The van der Waals surface area contributed by atoms with Crippen LogP contribution in [0.4, 0.5) is 0 Å². The molecular weight excluding hydrogens is 372 g/mol. The van der Waals surface area contributed by atoms with Crippen LogP contribution in [0, 0.1) is 28.6 Å². The van der Waals surface area contributed by atoms with E-state index < -0.39 is 12.6 Å². The minimum absolute atomic E-state index is 0.116. The zero-order chi connectivity index (χ0) is 20.5. The van der Waals surface area contributed by atoms with Crippen molar-refractivity contribution in [3.8, 4) is 11.5 Å². The van der Waals surface area contributed by atoms with E-state index in [9.17, 15) is 9.90 Å². The molecule has 5 heteroatoms. The molecule has 1 aromatic carbocycles. The summed E-state index contributed by atoms with van der Waals surface area (Å²) < 4.78 is 5.26. The Morgan fingerprint density at radius 1 is 1.21 bits per heavy atom. The summed E-state index contributed by atoms with van der Waals surface area (Å²) in [5, 5.41) is 18.8. The smallest absolute Gasteiger partial charge is 0.341 e. The summed E-state index contributed by atoms with van der Waals surface area (Å²) in [6, 6.07) is 5.05. The molecule has 0 aromatic heterocycles. The molecule has 2 fully saturated rings. The summed E-state index contributed by atoms with van der Waals surface area (Å²) in [5.41, 5.74) is 0.783. The van der Waals surface area contributed by atoms with Crippen LogP contribution in [0.1, 0.15) is 59.8 Å². The van der Waals surface area contributed by atoms with Gasteiger partial charge in [-0.2, -0.15) is 0 Å². The predicted octanol–water partition coefficient (Wildman–Crippen LogP) is 5.83. The van der Waals surface area contributed by atoms with Crippen molar-refractivity contribution < 1.29 is 19.7 Å². The number of rotatable bonds is 6. The number of phenols is 1. The first-order valence-electron chi connectivity index (χ1n) is 10.4. The van der Waals surface area contributed by atoms with E-state index in [0.717, 1.165) is 16.6 Å². The van der Waals surface area contributed by atoms with Gasteiger partial charge in [0.1, 0.15) is 11.5 Å². The van der Waals surface area contributed by atoms with Gasteiger partial charge in [0.05, 0.1) is 0 Å². The molecule has 0 amide bonds. The Morgan fingerprint density at radius 2 is 1.96 bits per heavy atom. The minimum atomic E-state index is -1.02. The number of aromatic hydroxyl groups is 1. The minimum Gasteiger partial charge on any atom is -0.508 e. The van der Waals surface area contributed by atoms with E-state index in [1.54, 1.807) is 17.8 Å². The number of hydrogen-bond acceptors (Lipinski definition) is 4. The Labute approximate surface area is 173 Å². The van der Waals surface area contributed by atoms with E-state index >= 15 is 0 Å². The number of aliphatic carboxylic acids is 1. The van der Waals surface area contributed by atoms with Crippen molar-refractivity contribution in [1.29, 1.82) is 0 Å². The Kier molecular flexibility index (Phi) is 6.23. The van der Waals surface area contributed by atoms with Crippen molar-refractivity contribution in [2.45, 2.75) is 64.7 Å². The zero-order valence-corrected chi connectivity index (χ0v) is 18.3. The molecule has 1 aromatic rings. The van der Waals surface area contributed by atoms with Crippen molar-refractivity contribution in [3.63, 3.8) is 0 Å². The first-order valence-corrected chi connectivity index (χ1v) is 11.4. The van der Waals surface area contributed by atoms with Gasteiger partial charge in [0.15, 0.2) is 6.61 Å². The summed E-state index contributed by atoms with van der Waals surface area (Å²) in [4.78, 5) is 11.7. The average molecular weight is 407 g/mol. The Balaban J connectivity index is 1.74. The molecule has 0 spiro atoms. The summed E-state index contributed by atoms with van der Waals surface area (Å²) in [5.74, 6) is 2.63. The highest BCUT2D eigenvalue weighted by Gasteiger charge is 2.53. The number of ether oxygens (including phenoxy) is 1. The summed E-state index contributed by atoms with van der Waals surface area (Å²) >= 11 is 1.76. The van der Waals surface area contributed by atoms with E-state index in [-0.39, 0.29) is 5.75 Å². The highest BCUT2D eigenvalue weighted by Crippen LogP contribution is 2.61. The maximum absolute atomic E-state index is 10.7. The Morgan fingerprint density at radius 3 is 2.68 bits per heavy atom. The van der Waals surface area contributed by atoms with Gasteiger partial charge >= 0.3 is 5.97 Å². The number of benzene rings is 1. The molecule has 2 N–H and O–H groups in total. The van der Waals surface area contributed by atoms with Crippen LogP contribution in [0.3, 0.4) is 0 Å². The van der Waals surface area contributed by atoms with E-state index in [1.807, 2.05) is 6.07 Å². The van der Waals surface area contributed by atoms with Gasteiger partial charge in [-0.15, -0.1) is 11.8 Å². The maximum atomic E-state index is 10.7. The van der Waals surface area contributed by atoms with Gasteiger partial charge in [0.25, 0.3) is 0 Å². The number of carboxylic acid groups (broad SMARTS) is 1. The molecule has 2 aliphatic rings. The number of thioether (sulfide) groups is 1. The first kappa shape index (κ1) is 21.4. The fourth-order valence-electron chi connectivity index (χ4n) is 6.02. The van der Waals surface area contributed by atoms with Crippen LogP contribution in [-0.4, -0.2) is 28.5 Å². The number of carbonyl (C=O) groups is 1. The highest BCUT2D eigenvalue weighted by molar-refractivity contribution is 7.99. The molecule has 2 aliphatic carbocycles. The highest BCUT2D eigenvalue weighted by atomic mass is 32.2. The monoisotopic (exact) mass is 406 g/mol. The lowest BCUT2D eigenvalue weighted by atomic mass is 9.47.